The van der Waals surface area contributed by atoms with E-state index in [2.05, 4.69) is 27.3 Å². The molecule has 1 saturated heterocycles. The van der Waals surface area contributed by atoms with Crippen LogP contribution in [0, 0.1) is 0 Å². The van der Waals surface area contributed by atoms with Gasteiger partial charge >= 0.3 is 6.03 Å². The maximum Gasteiger partial charge on any atom is 0.321 e. The second-order valence-corrected chi connectivity index (χ2v) is 7.57. The highest BCUT2D eigenvalue weighted by Gasteiger charge is 2.26. The molecule has 3 rings (SSSR count). The van der Waals surface area contributed by atoms with Crippen LogP contribution in [0.3, 0.4) is 0 Å². The Morgan fingerprint density at radius 2 is 2.04 bits per heavy atom. The zero-order valence-corrected chi connectivity index (χ0v) is 16.7. The van der Waals surface area contributed by atoms with Crippen LogP contribution in [0.5, 0.6) is 0 Å². The molecule has 0 unspecified atom stereocenters. The normalized spacial score (nSPS) is 17.0. The van der Waals surface area contributed by atoms with E-state index in [1.165, 1.54) is 0 Å². The molecular formula is C19H26ClN5O2. The molecule has 0 radical (unpaired) electrons. The molecule has 0 aliphatic carbocycles. The number of nitrogens with zero attached hydrogens (tertiary/aromatic N) is 4. The second kappa shape index (κ2) is 8.71. The van der Waals surface area contributed by atoms with Crippen molar-refractivity contribution < 1.29 is 9.32 Å². The molecule has 0 bridgehead atoms. The summed E-state index contributed by atoms with van der Waals surface area (Å²) >= 11 is 5.98. The molecule has 2 amide bonds. The van der Waals surface area contributed by atoms with Crippen LogP contribution in [0.25, 0.3) is 0 Å². The Morgan fingerprint density at radius 3 is 2.74 bits per heavy atom. The number of amides is 2. The third-order valence-electron chi connectivity index (χ3n) is 4.77. The molecule has 1 aliphatic rings. The van der Waals surface area contributed by atoms with E-state index >= 15 is 0 Å². The first-order valence-corrected chi connectivity index (χ1v) is 9.71. The average molecular weight is 392 g/mol. The monoisotopic (exact) mass is 391 g/mol. The van der Waals surface area contributed by atoms with Crippen molar-refractivity contribution in [1.82, 2.24) is 19.9 Å². The third-order valence-corrected chi connectivity index (χ3v) is 5.01. The summed E-state index contributed by atoms with van der Waals surface area (Å²) in [7, 11) is 0. The molecule has 7 nitrogen and oxygen atoms in total. The summed E-state index contributed by atoms with van der Waals surface area (Å²) in [6.45, 7) is 9.13. The van der Waals surface area contributed by atoms with Crippen molar-refractivity contribution in [3.05, 3.63) is 41.0 Å². The minimum atomic E-state index is -0.105. The van der Waals surface area contributed by atoms with Crippen LogP contribution < -0.4 is 5.32 Å². The predicted molar refractivity (Wildman–Crippen MR) is 105 cm³/mol. The van der Waals surface area contributed by atoms with Gasteiger partial charge in [-0.2, -0.15) is 4.98 Å². The van der Waals surface area contributed by atoms with Gasteiger partial charge in [-0.25, -0.2) is 4.79 Å². The van der Waals surface area contributed by atoms with Crippen molar-refractivity contribution >= 4 is 23.3 Å². The molecule has 1 aromatic heterocycles. The van der Waals surface area contributed by atoms with E-state index in [4.69, 9.17) is 16.1 Å². The number of rotatable bonds is 4. The second-order valence-electron chi connectivity index (χ2n) is 7.14. The molecule has 1 fully saturated rings. The van der Waals surface area contributed by atoms with Crippen molar-refractivity contribution in [3.8, 4) is 0 Å². The molecule has 8 heteroatoms. The van der Waals surface area contributed by atoms with Gasteiger partial charge in [-0.15, -0.1) is 0 Å². The van der Waals surface area contributed by atoms with E-state index in [1.807, 2.05) is 30.9 Å². The molecular weight excluding hydrogens is 366 g/mol. The van der Waals surface area contributed by atoms with Crippen LogP contribution in [-0.2, 0) is 0 Å². The zero-order chi connectivity index (χ0) is 19.4. The summed E-state index contributed by atoms with van der Waals surface area (Å²) in [5, 5.41) is 7.57. The third kappa shape index (κ3) is 4.99. The SMILES string of the molecule is CC(C)c1noc([C@H](C)N2CCCN(C(=O)Nc3cccc(Cl)c3)CC2)n1. The Labute approximate surface area is 164 Å². The van der Waals surface area contributed by atoms with Crippen molar-refractivity contribution in [2.24, 2.45) is 0 Å². The van der Waals surface area contributed by atoms with Gasteiger partial charge in [0.05, 0.1) is 6.04 Å². The molecule has 1 aromatic carbocycles. The van der Waals surface area contributed by atoms with Crippen LogP contribution in [-0.4, -0.2) is 52.2 Å². The highest BCUT2D eigenvalue weighted by Crippen LogP contribution is 2.22. The van der Waals surface area contributed by atoms with Crippen molar-refractivity contribution in [3.63, 3.8) is 0 Å². The van der Waals surface area contributed by atoms with Crippen LogP contribution in [0.4, 0.5) is 10.5 Å². The number of benzene rings is 1. The van der Waals surface area contributed by atoms with Gasteiger partial charge in [0, 0.05) is 42.8 Å². The van der Waals surface area contributed by atoms with E-state index in [1.54, 1.807) is 12.1 Å². The van der Waals surface area contributed by atoms with Crippen LogP contribution in [0.1, 0.15) is 50.9 Å². The maximum atomic E-state index is 12.6. The van der Waals surface area contributed by atoms with Gasteiger partial charge in [0.15, 0.2) is 5.82 Å². The summed E-state index contributed by atoms with van der Waals surface area (Å²) in [5.41, 5.74) is 0.703. The minimum Gasteiger partial charge on any atom is -0.338 e. The Bertz CT molecular complexity index is 779. The molecule has 1 aliphatic heterocycles. The highest BCUT2D eigenvalue weighted by atomic mass is 35.5. The smallest absolute Gasteiger partial charge is 0.321 e. The van der Waals surface area contributed by atoms with E-state index in [9.17, 15) is 4.79 Å². The summed E-state index contributed by atoms with van der Waals surface area (Å²) in [4.78, 5) is 21.2. The van der Waals surface area contributed by atoms with Crippen molar-refractivity contribution in [2.45, 2.75) is 39.2 Å². The summed E-state index contributed by atoms with van der Waals surface area (Å²) in [6, 6.07) is 7.10. The van der Waals surface area contributed by atoms with E-state index in [0.29, 0.717) is 29.7 Å². The summed E-state index contributed by atoms with van der Waals surface area (Å²) in [5.74, 6) is 1.61. The highest BCUT2D eigenvalue weighted by molar-refractivity contribution is 6.30. The molecule has 1 atom stereocenters. The molecule has 2 heterocycles. The number of carbonyl (C=O) groups is 1. The van der Waals surface area contributed by atoms with Gasteiger partial charge in [-0.05, 0) is 31.5 Å². The number of hydrogen-bond donors (Lipinski definition) is 1. The first-order valence-electron chi connectivity index (χ1n) is 9.33. The molecule has 1 N–H and O–H groups in total. The molecule has 2 aromatic rings. The fourth-order valence-corrected chi connectivity index (χ4v) is 3.29. The van der Waals surface area contributed by atoms with E-state index < -0.39 is 0 Å². The fourth-order valence-electron chi connectivity index (χ4n) is 3.10. The van der Waals surface area contributed by atoms with E-state index in [-0.39, 0.29) is 18.0 Å². The minimum absolute atomic E-state index is 0.0286. The lowest BCUT2D eigenvalue weighted by Gasteiger charge is -2.25. The molecule has 0 saturated carbocycles. The standard InChI is InChI=1S/C19H26ClN5O2/c1-13(2)17-22-18(27-23-17)14(3)24-8-5-9-25(11-10-24)19(26)21-16-7-4-6-15(20)12-16/h4,6-7,12-14H,5,8-11H2,1-3H3,(H,21,26)/t14-/m0/s1. The fraction of sp³-hybridized carbons (Fsp3) is 0.526. The maximum absolute atomic E-state index is 12.6. The van der Waals surface area contributed by atoms with Crippen LogP contribution >= 0.6 is 11.6 Å². The molecule has 0 spiro atoms. The lowest BCUT2D eigenvalue weighted by atomic mass is 10.2. The lowest BCUT2D eigenvalue weighted by Crippen LogP contribution is -2.38. The zero-order valence-electron chi connectivity index (χ0n) is 16.0. The van der Waals surface area contributed by atoms with Crippen LogP contribution in [0.15, 0.2) is 28.8 Å². The quantitative estimate of drug-likeness (QED) is 0.847. The topological polar surface area (TPSA) is 74.5 Å². The van der Waals surface area contributed by atoms with Crippen LogP contribution in [0.2, 0.25) is 5.02 Å². The van der Waals surface area contributed by atoms with Crippen molar-refractivity contribution in [1.29, 1.82) is 0 Å². The van der Waals surface area contributed by atoms with Gasteiger partial charge in [0.25, 0.3) is 0 Å². The number of aromatic nitrogens is 2. The first kappa shape index (κ1) is 19.6. The predicted octanol–water partition coefficient (Wildman–Crippen LogP) is 4.15. The number of anilines is 1. The average Bonchev–Trinajstić information content (AvgIpc) is 2.99. The Kier molecular flexibility index (Phi) is 6.34. The summed E-state index contributed by atoms with van der Waals surface area (Å²) < 4.78 is 5.44. The Balaban J connectivity index is 1.58. The summed E-state index contributed by atoms with van der Waals surface area (Å²) in [6.07, 6.45) is 0.887. The largest absolute Gasteiger partial charge is 0.338 e. The van der Waals surface area contributed by atoms with Gasteiger partial charge in [0.1, 0.15) is 0 Å². The number of nitrogens with one attached hydrogen (secondary N) is 1. The van der Waals surface area contributed by atoms with Gasteiger partial charge in [0.2, 0.25) is 5.89 Å². The molecule has 27 heavy (non-hydrogen) atoms. The van der Waals surface area contributed by atoms with Crippen molar-refractivity contribution in [2.75, 3.05) is 31.5 Å². The van der Waals surface area contributed by atoms with Gasteiger partial charge < -0.3 is 14.7 Å². The van der Waals surface area contributed by atoms with Gasteiger partial charge in [-0.3, -0.25) is 4.90 Å². The Morgan fingerprint density at radius 1 is 1.22 bits per heavy atom. The Hall–Kier alpha value is -2.12. The number of halogens is 1. The lowest BCUT2D eigenvalue weighted by molar-refractivity contribution is 0.176. The number of urea groups is 1. The number of carbonyl (C=O) groups excluding carboxylic acids is 1. The first-order chi connectivity index (χ1) is 12.9. The number of hydrogen-bond acceptors (Lipinski definition) is 5. The molecule has 146 valence electrons. The van der Waals surface area contributed by atoms with E-state index in [0.717, 1.165) is 25.3 Å². The van der Waals surface area contributed by atoms with Gasteiger partial charge in [-0.1, -0.05) is 36.7 Å².